The highest BCUT2D eigenvalue weighted by Gasteiger charge is 2.35. The standard InChI is InChI=1S/C29H26IN3O7/c1-3-39-24-14-19(12-22(30)26(24)40-16-18-7-9-20(10-8-18)28(36)37)13-23-27(35)33(29(38)32-23)15-25(34)31-21-6-4-5-17(2)11-21/h4-14H,3,15-16H2,1-2H3,(H,31,34)(H,32,38)(H,36,37)/b23-13+. The van der Waals surface area contributed by atoms with Gasteiger partial charge >= 0.3 is 12.0 Å². The molecule has 4 rings (SSSR count). The molecule has 10 nitrogen and oxygen atoms in total. The highest BCUT2D eigenvalue weighted by atomic mass is 127. The molecule has 3 aromatic rings. The first-order valence-corrected chi connectivity index (χ1v) is 13.3. The van der Waals surface area contributed by atoms with Crippen molar-refractivity contribution in [3.05, 3.63) is 92.2 Å². The lowest BCUT2D eigenvalue weighted by molar-refractivity contribution is -0.127. The number of rotatable bonds is 10. The number of hydrogen-bond donors (Lipinski definition) is 3. The Bertz CT molecular complexity index is 1500. The van der Waals surface area contributed by atoms with Crippen LogP contribution in [0.25, 0.3) is 6.08 Å². The lowest BCUT2D eigenvalue weighted by Crippen LogP contribution is -2.38. The number of aromatic carboxylic acids is 1. The molecular formula is C29H26IN3O7. The van der Waals surface area contributed by atoms with Crippen molar-refractivity contribution in [1.82, 2.24) is 10.2 Å². The number of halogens is 1. The van der Waals surface area contributed by atoms with E-state index in [9.17, 15) is 19.2 Å². The fourth-order valence-corrected chi connectivity index (χ4v) is 4.70. The molecule has 0 radical (unpaired) electrons. The Morgan fingerprint density at radius 3 is 2.50 bits per heavy atom. The van der Waals surface area contributed by atoms with Gasteiger partial charge in [-0.3, -0.25) is 9.59 Å². The zero-order chi connectivity index (χ0) is 28.8. The molecule has 0 atom stereocenters. The van der Waals surface area contributed by atoms with Crippen LogP contribution in [-0.2, 0) is 16.2 Å². The highest BCUT2D eigenvalue weighted by molar-refractivity contribution is 14.1. The normalized spacial score (nSPS) is 13.8. The van der Waals surface area contributed by atoms with Crippen molar-refractivity contribution in [2.75, 3.05) is 18.5 Å². The second kappa shape index (κ2) is 12.6. The average molecular weight is 655 g/mol. The van der Waals surface area contributed by atoms with E-state index in [4.69, 9.17) is 14.6 Å². The summed E-state index contributed by atoms with van der Waals surface area (Å²) in [6.45, 7) is 3.83. The van der Waals surface area contributed by atoms with Crippen LogP contribution in [0.3, 0.4) is 0 Å². The molecule has 4 amide bonds. The van der Waals surface area contributed by atoms with Crippen LogP contribution >= 0.6 is 22.6 Å². The Morgan fingerprint density at radius 1 is 1.07 bits per heavy atom. The second-order valence-corrected chi connectivity index (χ2v) is 10.0. The number of urea groups is 1. The van der Waals surface area contributed by atoms with Gasteiger partial charge in [0.05, 0.1) is 15.7 Å². The third-order valence-corrected chi connectivity index (χ3v) is 6.59. The molecule has 0 aliphatic carbocycles. The maximum atomic E-state index is 13.0. The average Bonchev–Trinajstić information content (AvgIpc) is 3.15. The molecule has 1 saturated heterocycles. The van der Waals surface area contributed by atoms with E-state index in [1.807, 2.05) is 19.9 Å². The number of nitrogens with zero attached hydrogens (tertiary/aromatic N) is 1. The van der Waals surface area contributed by atoms with Crippen molar-refractivity contribution in [2.24, 2.45) is 0 Å². The van der Waals surface area contributed by atoms with Gasteiger partial charge in [0, 0.05) is 5.69 Å². The lowest BCUT2D eigenvalue weighted by atomic mass is 10.1. The zero-order valence-corrected chi connectivity index (χ0v) is 23.9. The quantitative estimate of drug-likeness (QED) is 0.162. The number of carboxylic acid groups (broad SMARTS) is 1. The first-order chi connectivity index (χ1) is 19.1. The van der Waals surface area contributed by atoms with E-state index in [-0.39, 0.29) is 17.9 Å². The molecule has 40 heavy (non-hydrogen) atoms. The van der Waals surface area contributed by atoms with Gasteiger partial charge in [-0.2, -0.15) is 0 Å². The minimum absolute atomic E-state index is 0.0267. The third kappa shape index (κ3) is 6.97. The van der Waals surface area contributed by atoms with Gasteiger partial charge < -0.3 is 25.2 Å². The minimum atomic E-state index is -1.00. The van der Waals surface area contributed by atoms with Crippen LogP contribution in [0.2, 0.25) is 0 Å². The highest BCUT2D eigenvalue weighted by Crippen LogP contribution is 2.35. The molecular weight excluding hydrogens is 629 g/mol. The number of aryl methyl sites for hydroxylation is 1. The fourth-order valence-electron chi connectivity index (χ4n) is 3.92. The Labute approximate surface area is 244 Å². The number of benzene rings is 3. The van der Waals surface area contributed by atoms with Gasteiger partial charge in [0.1, 0.15) is 18.8 Å². The van der Waals surface area contributed by atoms with Crippen molar-refractivity contribution in [3.8, 4) is 11.5 Å². The zero-order valence-electron chi connectivity index (χ0n) is 21.7. The Hall–Kier alpha value is -4.39. The lowest BCUT2D eigenvalue weighted by Gasteiger charge is -2.15. The number of carboxylic acids is 1. The monoisotopic (exact) mass is 655 g/mol. The van der Waals surface area contributed by atoms with Gasteiger partial charge in [-0.1, -0.05) is 24.3 Å². The van der Waals surface area contributed by atoms with E-state index in [1.54, 1.807) is 42.5 Å². The van der Waals surface area contributed by atoms with Gasteiger partial charge in [-0.05, 0) is 95.6 Å². The molecule has 0 aromatic heterocycles. The number of ether oxygens (including phenoxy) is 2. The summed E-state index contributed by atoms with van der Waals surface area (Å²) in [5, 5.41) is 14.3. The molecule has 3 N–H and O–H groups in total. The molecule has 1 fully saturated rings. The van der Waals surface area contributed by atoms with Crippen LogP contribution in [0.1, 0.15) is 34.0 Å². The van der Waals surface area contributed by atoms with E-state index in [0.717, 1.165) is 16.0 Å². The van der Waals surface area contributed by atoms with Crippen LogP contribution in [0.5, 0.6) is 11.5 Å². The minimum Gasteiger partial charge on any atom is -0.490 e. The molecule has 206 valence electrons. The van der Waals surface area contributed by atoms with Gasteiger partial charge in [-0.25, -0.2) is 14.5 Å². The molecule has 0 unspecified atom stereocenters. The van der Waals surface area contributed by atoms with Crippen LogP contribution < -0.4 is 20.1 Å². The summed E-state index contributed by atoms with van der Waals surface area (Å²) in [5.74, 6) is -1.20. The van der Waals surface area contributed by atoms with Gasteiger partial charge in [-0.15, -0.1) is 0 Å². The summed E-state index contributed by atoms with van der Waals surface area (Å²) in [6, 6.07) is 16.3. The first kappa shape index (κ1) is 28.6. The number of hydrogen-bond acceptors (Lipinski definition) is 6. The molecule has 0 spiro atoms. The number of carbonyl (C=O) groups is 4. The summed E-state index contributed by atoms with van der Waals surface area (Å²) in [7, 11) is 0. The number of anilines is 1. The predicted octanol–water partition coefficient (Wildman–Crippen LogP) is 4.81. The molecule has 1 aliphatic rings. The van der Waals surface area contributed by atoms with Crippen molar-refractivity contribution >= 4 is 58.2 Å². The van der Waals surface area contributed by atoms with Crippen LogP contribution in [0.15, 0.2) is 66.4 Å². The SMILES string of the molecule is CCOc1cc(/C=C2/NC(=O)N(CC(=O)Nc3cccc(C)c3)C2=O)cc(I)c1OCc1ccc(C(=O)O)cc1. The van der Waals surface area contributed by atoms with E-state index < -0.39 is 30.4 Å². The molecule has 0 bridgehead atoms. The summed E-state index contributed by atoms with van der Waals surface area (Å²) < 4.78 is 12.5. The van der Waals surface area contributed by atoms with E-state index >= 15 is 0 Å². The smallest absolute Gasteiger partial charge is 0.335 e. The van der Waals surface area contributed by atoms with Gasteiger partial charge in [0.25, 0.3) is 5.91 Å². The molecule has 3 aromatic carbocycles. The summed E-state index contributed by atoms with van der Waals surface area (Å²) in [6.07, 6.45) is 1.51. The molecule has 0 saturated carbocycles. The number of carbonyl (C=O) groups excluding carboxylic acids is 3. The van der Waals surface area contributed by atoms with E-state index in [1.165, 1.54) is 18.2 Å². The van der Waals surface area contributed by atoms with E-state index in [0.29, 0.717) is 32.9 Å². The number of amides is 4. The van der Waals surface area contributed by atoms with Crippen molar-refractivity contribution in [2.45, 2.75) is 20.5 Å². The maximum absolute atomic E-state index is 13.0. The maximum Gasteiger partial charge on any atom is 0.335 e. The second-order valence-electron chi connectivity index (χ2n) is 8.85. The number of nitrogens with one attached hydrogen (secondary N) is 2. The first-order valence-electron chi connectivity index (χ1n) is 12.3. The fraction of sp³-hybridized carbons (Fsp3) is 0.172. The summed E-state index contributed by atoms with van der Waals surface area (Å²) in [4.78, 5) is 49.8. The number of imide groups is 1. The van der Waals surface area contributed by atoms with Gasteiger partial charge in [0.15, 0.2) is 11.5 Å². The molecule has 1 heterocycles. The van der Waals surface area contributed by atoms with Crippen LogP contribution in [0, 0.1) is 10.5 Å². The Morgan fingerprint density at radius 2 is 1.82 bits per heavy atom. The largest absolute Gasteiger partial charge is 0.490 e. The van der Waals surface area contributed by atoms with Crippen molar-refractivity contribution in [3.63, 3.8) is 0 Å². The van der Waals surface area contributed by atoms with Crippen LogP contribution in [-0.4, -0.2) is 47.0 Å². The topological polar surface area (TPSA) is 134 Å². The van der Waals surface area contributed by atoms with E-state index in [2.05, 4.69) is 33.2 Å². The summed E-state index contributed by atoms with van der Waals surface area (Å²) >= 11 is 2.09. The predicted molar refractivity (Wildman–Crippen MR) is 156 cm³/mol. The van der Waals surface area contributed by atoms with Gasteiger partial charge in [0.2, 0.25) is 5.91 Å². The summed E-state index contributed by atoms with van der Waals surface area (Å²) in [5.41, 5.74) is 3.11. The molecule has 1 aliphatic heterocycles. The van der Waals surface area contributed by atoms with Crippen molar-refractivity contribution < 1.29 is 33.8 Å². The van der Waals surface area contributed by atoms with Crippen molar-refractivity contribution in [1.29, 1.82) is 0 Å². The molecule has 11 heteroatoms. The third-order valence-electron chi connectivity index (χ3n) is 5.79. The Balaban J connectivity index is 1.48. The Kier molecular flexibility index (Phi) is 9.04. The van der Waals surface area contributed by atoms with Crippen LogP contribution in [0.4, 0.5) is 10.5 Å².